The Morgan fingerprint density at radius 3 is 2.46 bits per heavy atom. The van der Waals surface area contributed by atoms with E-state index in [1.54, 1.807) is 0 Å². The SMILES string of the molecule is Cl.O=C1CCCNC12CCNCC2. The van der Waals surface area contributed by atoms with Crippen molar-refractivity contribution in [3.05, 3.63) is 0 Å². The van der Waals surface area contributed by atoms with Gasteiger partial charge >= 0.3 is 0 Å². The first-order valence-electron chi connectivity index (χ1n) is 4.83. The van der Waals surface area contributed by atoms with Gasteiger partial charge in [-0.2, -0.15) is 0 Å². The molecule has 2 aliphatic rings. The van der Waals surface area contributed by atoms with Crippen LogP contribution in [-0.2, 0) is 4.79 Å². The number of hydrogen-bond acceptors (Lipinski definition) is 3. The highest BCUT2D eigenvalue weighted by Gasteiger charge is 2.39. The van der Waals surface area contributed by atoms with Gasteiger partial charge in [-0.1, -0.05) is 0 Å². The zero-order valence-electron chi connectivity index (χ0n) is 7.77. The van der Waals surface area contributed by atoms with Gasteiger partial charge in [-0.3, -0.25) is 4.79 Å². The minimum Gasteiger partial charge on any atom is -0.317 e. The number of ketones is 1. The molecule has 0 aromatic rings. The molecule has 0 radical (unpaired) electrons. The van der Waals surface area contributed by atoms with Crippen molar-refractivity contribution in [1.82, 2.24) is 10.6 Å². The molecule has 0 aliphatic carbocycles. The fourth-order valence-electron chi connectivity index (χ4n) is 2.22. The minimum atomic E-state index is -0.135. The zero-order chi connectivity index (χ0) is 8.44. The molecule has 1 spiro atoms. The van der Waals surface area contributed by atoms with E-state index in [2.05, 4.69) is 10.6 Å². The summed E-state index contributed by atoms with van der Waals surface area (Å²) < 4.78 is 0. The molecule has 0 aromatic carbocycles. The molecule has 2 saturated heterocycles. The van der Waals surface area contributed by atoms with Crippen LogP contribution in [0.1, 0.15) is 25.7 Å². The number of Topliss-reactive ketones (excluding diaryl/α,β-unsaturated/α-hetero) is 1. The second kappa shape index (κ2) is 4.40. The normalized spacial score (nSPS) is 26.9. The van der Waals surface area contributed by atoms with E-state index in [9.17, 15) is 4.79 Å². The lowest BCUT2D eigenvalue weighted by Gasteiger charge is -2.40. The first kappa shape index (κ1) is 11.0. The maximum absolute atomic E-state index is 11.7. The lowest BCUT2D eigenvalue weighted by atomic mass is 9.80. The molecule has 2 N–H and O–H groups in total. The summed E-state index contributed by atoms with van der Waals surface area (Å²) in [5.41, 5.74) is -0.135. The second-order valence-corrected chi connectivity index (χ2v) is 3.79. The molecule has 2 heterocycles. The number of carbonyl (C=O) groups is 1. The Kier molecular flexibility index (Phi) is 3.71. The molecule has 0 amide bonds. The Hall–Kier alpha value is -0.120. The van der Waals surface area contributed by atoms with E-state index in [-0.39, 0.29) is 17.9 Å². The van der Waals surface area contributed by atoms with Crippen molar-refractivity contribution in [3.8, 4) is 0 Å². The third-order valence-corrected chi connectivity index (χ3v) is 3.03. The van der Waals surface area contributed by atoms with Gasteiger partial charge in [-0.05, 0) is 38.9 Å². The highest BCUT2D eigenvalue weighted by atomic mass is 35.5. The monoisotopic (exact) mass is 204 g/mol. The Morgan fingerprint density at radius 1 is 1.15 bits per heavy atom. The van der Waals surface area contributed by atoms with E-state index in [1.165, 1.54) is 0 Å². The molecule has 0 unspecified atom stereocenters. The lowest BCUT2D eigenvalue weighted by molar-refractivity contribution is -0.128. The number of carbonyl (C=O) groups excluding carboxylic acids is 1. The van der Waals surface area contributed by atoms with Crippen molar-refractivity contribution >= 4 is 18.2 Å². The van der Waals surface area contributed by atoms with E-state index in [4.69, 9.17) is 0 Å². The molecule has 0 aromatic heterocycles. The van der Waals surface area contributed by atoms with Gasteiger partial charge in [0.2, 0.25) is 0 Å². The predicted octanol–water partition coefficient (Wildman–Crippen LogP) is 0.483. The summed E-state index contributed by atoms with van der Waals surface area (Å²) in [5, 5.41) is 6.68. The Labute approximate surface area is 85.1 Å². The van der Waals surface area contributed by atoms with Crippen molar-refractivity contribution in [2.75, 3.05) is 19.6 Å². The summed E-state index contributed by atoms with van der Waals surface area (Å²) in [6.45, 7) is 2.99. The van der Waals surface area contributed by atoms with Crippen molar-refractivity contribution in [3.63, 3.8) is 0 Å². The lowest BCUT2D eigenvalue weighted by Crippen LogP contribution is -2.60. The molecule has 13 heavy (non-hydrogen) atoms. The van der Waals surface area contributed by atoms with Crippen LogP contribution in [0.2, 0.25) is 0 Å². The quantitative estimate of drug-likeness (QED) is 0.603. The fraction of sp³-hybridized carbons (Fsp3) is 0.889. The van der Waals surface area contributed by atoms with Gasteiger partial charge < -0.3 is 10.6 Å². The smallest absolute Gasteiger partial charge is 0.153 e. The molecule has 0 bridgehead atoms. The summed E-state index contributed by atoms with van der Waals surface area (Å²) in [6.07, 6.45) is 3.76. The summed E-state index contributed by atoms with van der Waals surface area (Å²) in [5.74, 6) is 0.440. The zero-order valence-corrected chi connectivity index (χ0v) is 8.58. The van der Waals surface area contributed by atoms with Crippen LogP contribution in [-0.4, -0.2) is 31.0 Å². The number of piperidine rings is 2. The van der Waals surface area contributed by atoms with Gasteiger partial charge in [0.05, 0.1) is 5.54 Å². The van der Waals surface area contributed by atoms with Crippen LogP contribution in [0.15, 0.2) is 0 Å². The molecule has 3 nitrogen and oxygen atoms in total. The van der Waals surface area contributed by atoms with E-state index in [0.717, 1.165) is 45.3 Å². The second-order valence-electron chi connectivity index (χ2n) is 3.79. The maximum Gasteiger partial charge on any atom is 0.153 e. The van der Waals surface area contributed by atoms with Crippen LogP contribution in [0.5, 0.6) is 0 Å². The number of halogens is 1. The van der Waals surface area contributed by atoms with Crippen molar-refractivity contribution in [2.24, 2.45) is 0 Å². The molecular formula is C9H17ClN2O. The first-order chi connectivity index (χ1) is 5.83. The molecular weight excluding hydrogens is 188 g/mol. The van der Waals surface area contributed by atoms with E-state index >= 15 is 0 Å². The Morgan fingerprint density at radius 2 is 1.85 bits per heavy atom. The summed E-state index contributed by atoms with van der Waals surface area (Å²) in [7, 11) is 0. The summed E-state index contributed by atoms with van der Waals surface area (Å²) in [6, 6.07) is 0. The molecule has 2 aliphatic heterocycles. The number of nitrogens with one attached hydrogen (secondary N) is 2. The van der Waals surface area contributed by atoms with Crippen molar-refractivity contribution < 1.29 is 4.79 Å². The maximum atomic E-state index is 11.7. The molecule has 0 atom stereocenters. The van der Waals surface area contributed by atoms with Crippen molar-refractivity contribution in [1.29, 1.82) is 0 Å². The Bertz CT molecular complexity index is 182. The van der Waals surface area contributed by atoms with Crippen molar-refractivity contribution in [2.45, 2.75) is 31.2 Å². The average Bonchev–Trinajstić information content (AvgIpc) is 2.12. The van der Waals surface area contributed by atoms with Crippen LogP contribution in [0.25, 0.3) is 0 Å². The van der Waals surface area contributed by atoms with Gasteiger partial charge in [0.25, 0.3) is 0 Å². The third-order valence-electron chi connectivity index (χ3n) is 3.03. The summed E-state index contributed by atoms with van der Waals surface area (Å²) in [4.78, 5) is 11.7. The van der Waals surface area contributed by atoms with E-state index in [0.29, 0.717) is 5.78 Å². The topological polar surface area (TPSA) is 41.1 Å². The van der Waals surface area contributed by atoms with Gasteiger partial charge in [0, 0.05) is 6.42 Å². The highest BCUT2D eigenvalue weighted by molar-refractivity contribution is 5.89. The molecule has 76 valence electrons. The minimum absolute atomic E-state index is 0. The molecule has 0 saturated carbocycles. The van der Waals surface area contributed by atoms with E-state index < -0.39 is 0 Å². The molecule has 4 heteroatoms. The van der Waals surface area contributed by atoms with Gasteiger partial charge in [-0.25, -0.2) is 0 Å². The molecule has 2 rings (SSSR count). The largest absolute Gasteiger partial charge is 0.317 e. The standard InChI is InChI=1S/C9H16N2O.ClH/c12-8-2-1-5-11-9(8)3-6-10-7-4-9;/h10-11H,1-7H2;1H. The van der Waals surface area contributed by atoms with Gasteiger partial charge in [0.1, 0.15) is 0 Å². The first-order valence-corrected chi connectivity index (χ1v) is 4.83. The van der Waals surface area contributed by atoms with Crippen LogP contribution >= 0.6 is 12.4 Å². The van der Waals surface area contributed by atoms with Crippen LogP contribution in [0.4, 0.5) is 0 Å². The average molecular weight is 205 g/mol. The van der Waals surface area contributed by atoms with Crippen LogP contribution in [0.3, 0.4) is 0 Å². The van der Waals surface area contributed by atoms with Gasteiger partial charge in [-0.15, -0.1) is 12.4 Å². The van der Waals surface area contributed by atoms with Gasteiger partial charge in [0.15, 0.2) is 5.78 Å². The van der Waals surface area contributed by atoms with E-state index in [1.807, 2.05) is 0 Å². The number of rotatable bonds is 0. The fourth-order valence-corrected chi connectivity index (χ4v) is 2.22. The summed E-state index contributed by atoms with van der Waals surface area (Å²) >= 11 is 0. The predicted molar refractivity (Wildman–Crippen MR) is 54.3 cm³/mol. The number of hydrogen-bond donors (Lipinski definition) is 2. The van der Waals surface area contributed by atoms with Crippen LogP contribution < -0.4 is 10.6 Å². The Balaban J connectivity index is 0.000000845. The third kappa shape index (κ3) is 2.03. The molecule has 2 fully saturated rings. The highest BCUT2D eigenvalue weighted by Crippen LogP contribution is 2.24. The van der Waals surface area contributed by atoms with Crippen LogP contribution in [0, 0.1) is 0 Å².